The van der Waals surface area contributed by atoms with Gasteiger partial charge in [-0.1, -0.05) is 25.1 Å². The molecule has 1 aromatic heterocycles. The van der Waals surface area contributed by atoms with Gasteiger partial charge in [0.15, 0.2) is 5.69 Å². The molecular formula is C23H27N5O4S2. The number of azo groups is 1. The standard InChI is InChI=1S/C23H27N5O4S2/c1-4-16-7-5-6-15(2)20(16)24-23(33)26-25-21-18-14-17(8-9-19(18)27(3)22(21)29)34(30,31)28-10-12-32-13-11-28/h5-9,14,29H,4,10-13H2,1-3H3,(H,24,33). The Labute approximate surface area is 204 Å². The third-order valence-corrected chi connectivity index (χ3v) is 8.01. The summed E-state index contributed by atoms with van der Waals surface area (Å²) in [6, 6.07) is 10.7. The van der Waals surface area contributed by atoms with Crippen molar-refractivity contribution in [1.29, 1.82) is 0 Å². The summed E-state index contributed by atoms with van der Waals surface area (Å²) in [4.78, 5) is 0.122. The number of hydrogen-bond donors (Lipinski definition) is 2. The topological polar surface area (TPSA) is 109 Å². The van der Waals surface area contributed by atoms with Gasteiger partial charge in [0.05, 0.1) is 23.6 Å². The highest BCUT2D eigenvalue weighted by Gasteiger charge is 2.27. The van der Waals surface area contributed by atoms with Crippen LogP contribution < -0.4 is 5.32 Å². The lowest BCUT2D eigenvalue weighted by molar-refractivity contribution is 0.0730. The van der Waals surface area contributed by atoms with Crippen LogP contribution in [0.25, 0.3) is 10.9 Å². The van der Waals surface area contributed by atoms with Crippen LogP contribution in [0, 0.1) is 6.92 Å². The normalized spacial score (nSPS) is 15.3. The van der Waals surface area contributed by atoms with E-state index in [0.29, 0.717) is 37.2 Å². The number of anilines is 1. The van der Waals surface area contributed by atoms with Gasteiger partial charge in [-0.2, -0.15) is 4.31 Å². The number of aromatic hydroxyl groups is 1. The van der Waals surface area contributed by atoms with Crippen LogP contribution in [0.5, 0.6) is 5.88 Å². The minimum Gasteiger partial charge on any atom is -0.493 e. The first-order valence-corrected chi connectivity index (χ1v) is 12.8. The van der Waals surface area contributed by atoms with Crippen LogP contribution in [0.4, 0.5) is 11.4 Å². The second kappa shape index (κ2) is 9.79. The first kappa shape index (κ1) is 24.3. The third-order valence-electron chi connectivity index (χ3n) is 5.93. The van der Waals surface area contributed by atoms with E-state index in [1.165, 1.54) is 21.0 Å². The van der Waals surface area contributed by atoms with Crippen molar-refractivity contribution in [1.82, 2.24) is 8.87 Å². The van der Waals surface area contributed by atoms with Crippen molar-refractivity contribution in [3.63, 3.8) is 0 Å². The van der Waals surface area contributed by atoms with Gasteiger partial charge in [-0.25, -0.2) is 8.42 Å². The summed E-state index contributed by atoms with van der Waals surface area (Å²) in [5, 5.41) is 22.7. The van der Waals surface area contributed by atoms with Crippen molar-refractivity contribution in [3.8, 4) is 5.88 Å². The highest BCUT2D eigenvalue weighted by Crippen LogP contribution is 2.39. The predicted molar refractivity (Wildman–Crippen MR) is 135 cm³/mol. The lowest BCUT2D eigenvalue weighted by Crippen LogP contribution is -2.40. The molecule has 0 radical (unpaired) electrons. The summed E-state index contributed by atoms with van der Waals surface area (Å²) in [6.07, 6.45) is 0.828. The molecule has 0 bridgehead atoms. The summed E-state index contributed by atoms with van der Waals surface area (Å²) >= 11 is 5.37. The number of para-hydroxylation sites is 1. The average Bonchev–Trinajstić information content (AvgIpc) is 3.08. The van der Waals surface area contributed by atoms with E-state index in [1.807, 2.05) is 25.1 Å². The van der Waals surface area contributed by atoms with Crippen LogP contribution in [0.2, 0.25) is 0 Å². The maximum absolute atomic E-state index is 13.1. The molecule has 9 nitrogen and oxygen atoms in total. The van der Waals surface area contributed by atoms with E-state index in [2.05, 4.69) is 22.5 Å². The molecule has 4 rings (SSSR count). The number of aromatic nitrogens is 1. The molecule has 34 heavy (non-hydrogen) atoms. The Kier molecular flexibility index (Phi) is 6.99. The molecule has 2 heterocycles. The van der Waals surface area contributed by atoms with Gasteiger partial charge in [-0.05, 0) is 54.9 Å². The molecule has 0 aliphatic carbocycles. The Hall–Kier alpha value is -2.86. The Morgan fingerprint density at radius 3 is 2.68 bits per heavy atom. The molecule has 0 spiro atoms. The Bertz CT molecular complexity index is 1380. The van der Waals surface area contributed by atoms with Crippen molar-refractivity contribution >= 4 is 49.6 Å². The minimum absolute atomic E-state index is 0.122. The summed E-state index contributed by atoms with van der Waals surface area (Å²) in [5.41, 5.74) is 3.79. The maximum Gasteiger partial charge on any atom is 0.243 e. The summed E-state index contributed by atoms with van der Waals surface area (Å²) < 4.78 is 34.4. The van der Waals surface area contributed by atoms with E-state index in [-0.39, 0.29) is 21.6 Å². The molecule has 3 aromatic rings. The number of hydrogen-bond acceptors (Lipinski definition) is 6. The van der Waals surface area contributed by atoms with Crippen LogP contribution in [0.15, 0.2) is 51.5 Å². The predicted octanol–water partition coefficient (Wildman–Crippen LogP) is 4.26. The molecule has 1 saturated heterocycles. The van der Waals surface area contributed by atoms with Gasteiger partial charge < -0.3 is 19.7 Å². The van der Waals surface area contributed by atoms with Crippen molar-refractivity contribution in [3.05, 3.63) is 47.5 Å². The molecule has 1 aliphatic rings. The quantitative estimate of drug-likeness (QED) is 0.400. The second-order valence-electron chi connectivity index (χ2n) is 8.02. The van der Waals surface area contributed by atoms with E-state index < -0.39 is 10.0 Å². The van der Waals surface area contributed by atoms with Crippen molar-refractivity contribution in [2.75, 3.05) is 31.6 Å². The number of fused-ring (bicyclic) bond motifs is 1. The molecule has 0 unspecified atom stereocenters. The van der Waals surface area contributed by atoms with Gasteiger partial charge in [0.1, 0.15) is 0 Å². The zero-order valence-electron chi connectivity index (χ0n) is 19.3. The number of nitrogens with one attached hydrogen (secondary N) is 1. The van der Waals surface area contributed by atoms with Gasteiger partial charge in [0.25, 0.3) is 0 Å². The SMILES string of the molecule is CCc1cccc(C)c1NC(=S)N=Nc1c(O)n(C)c2ccc(S(=O)(=O)N3CCOCC3)cc12. The first-order valence-electron chi connectivity index (χ1n) is 10.9. The molecule has 0 amide bonds. The Morgan fingerprint density at radius 1 is 1.24 bits per heavy atom. The van der Waals surface area contributed by atoms with Crippen molar-refractivity contribution in [2.45, 2.75) is 25.2 Å². The van der Waals surface area contributed by atoms with E-state index in [4.69, 9.17) is 17.0 Å². The van der Waals surface area contributed by atoms with Gasteiger partial charge in [-0.15, -0.1) is 10.2 Å². The van der Waals surface area contributed by atoms with Gasteiger partial charge >= 0.3 is 0 Å². The fraction of sp³-hybridized carbons (Fsp3) is 0.348. The van der Waals surface area contributed by atoms with E-state index in [1.54, 1.807) is 13.1 Å². The molecule has 0 atom stereocenters. The lowest BCUT2D eigenvalue weighted by atomic mass is 10.1. The summed E-state index contributed by atoms with van der Waals surface area (Å²) in [7, 11) is -2.04. The number of sulfonamides is 1. The minimum atomic E-state index is -3.71. The number of aryl methyl sites for hydroxylation is 3. The van der Waals surface area contributed by atoms with E-state index in [9.17, 15) is 13.5 Å². The number of benzene rings is 2. The first-order chi connectivity index (χ1) is 16.2. The zero-order chi connectivity index (χ0) is 24.5. The molecule has 0 saturated carbocycles. The number of morpholine rings is 1. The summed E-state index contributed by atoms with van der Waals surface area (Å²) in [5.74, 6) is -0.132. The maximum atomic E-state index is 13.1. The molecule has 2 aromatic carbocycles. The number of ether oxygens (including phenoxy) is 1. The van der Waals surface area contributed by atoms with Crippen molar-refractivity contribution in [2.24, 2.45) is 17.3 Å². The Balaban J connectivity index is 1.67. The van der Waals surface area contributed by atoms with Gasteiger partial charge in [-0.3, -0.25) is 0 Å². The number of nitrogens with zero attached hydrogens (tertiary/aromatic N) is 4. The molecule has 2 N–H and O–H groups in total. The van der Waals surface area contributed by atoms with Crippen LogP contribution >= 0.6 is 12.2 Å². The van der Waals surface area contributed by atoms with Crippen LogP contribution in [0.3, 0.4) is 0 Å². The van der Waals surface area contributed by atoms with Gasteiger partial charge in [0, 0.05) is 31.2 Å². The largest absolute Gasteiger partial charge is 0.493 e. The zero-order valence-corrected chi connectivity index (χ0v) is 20.9. The highest BCUT2D eigenvalue weighted by molar-refractivity contribution is 7.89. The Morgan fingerprint density at radius 2 is 1.97 bits per heavy atom. The van der Waals surface area contributed by atoms with Crippen LogP contribution in [0.1, 0.15) is 18.1 Å². The average molecular weight is 502 g/mol. The lowest BCUT2D eigenvalue weighted by Gasteiger charge is -2.26. The van der Waals surface area contributed by atoms with E-state index >= 15 is 0 Å². The molecule has 1 fully saturated rings. The van der Waals surface area contributed by atoms with E-state index in [0.717, 1.165) is 23.2 Å². The van der Waals surface area contributed by atoms with Crippen molar-refractivity contribution < 1.29 is 18.3 Å². The fourth-order valence-electron chi connectivity index (χ4n) is 4.02. The third kappa shape index (κ3) is 4.56. The number of rotatable bonds is 5. The summed E-state index contributed by atoms with van der Waals surface area (Å²) in [6.45, 7) is 5.35. The number of thiocarbonyl (C=S) groups is 1. The molecule has 1 aliphatic heterocycles. The van der Waals surface area contributed by atoms with Gasteiger partial charge in [0.2, 0.25) is 21.0 Å². The van der Waals surface area contributed by atoms with Crippen LogP contribution in [-0.2, 0) is 28.2 Å². The monoisotopic (exact) mass is 501 g/mol. The van der Waals surface area contributed by atoms with Crippen LogP contribution in [-0.4, -0.2) is 53.8 Å². The molecule has 180 valence electrons. The second-order valence-corrected chi connectivity index (χ2v) is 10.3. The smallest absolute Gasteiger partial charge is 0.243 e. The molecule has 11 heteroatoms. The fourth-order valence-corrected chi connectivity index (χ4v) is 5.59. The highest BCUT2D eigenvalue weighted by atomic mass is 32.2. The molecular weight excluding hydrogens is 474 g/mol.